The Balaban J connectivity index is 2.58. The lowest BCUT2D eigenvalue weighted by atomic mass is 10.0. The van der Waals surface area contributed by atoms with Crippen LogP contribution < -0.4 is 0 Å². The fraction of sp³-hybridized carbons (Fsp3) is 0.750. The Morgan fingerprint density at radius 3 is 2.40 bits per heavy atom. The smallest absolute Gasteiger partial charge is 0.0370 e. The van der Waals surface area contributed by atoms with E-state index in [0.717, 1.165) is 12.1 Å². The molecule has 2 nitrogen and oxygen atoms in total. The van der Waals surface area contributed by atoms with Crippen molar-refractivity contribution in [2.24, 2.45) is 11.8 Å². The van der Waals surface area contributed by atoms with Crippen LogP contribution in [0.4, 0.5) is 0 Å². The molecule has 0 aromatic rings. The van der Waals surface area contributed by atoms with Gasteiger partial charge in [0.1, 0.15) is 0 Å². The molecule has 0 spiro atoms. The zero-order valence-electron chi connectivity index (χ0n) is 6.83. The van der Waals surface area contributed by atoms with Gasteiger partial charge in [-0.15, -0.1) is 0 Å². The van der Waals surface area contributed by atoms with Crippen molar-refractivity contribution < 1.29 is 5.21 Å². The molecule has 0 aliphatic heterocycles. The van der Waals surface area contributed by atoms with Crippen molar-refractivity contribution in [1.29, 1.82) is 0 Å². The Labute approximate surface area is 62.1 Å². The summed E-state index contributed by atoms with van der Waals surface area (Å²) in [6.45, 7) is 4.39. The standard InChI is InChI=1S/C8H15NO/c1-6-4-8(9(3)10)5-7(6)2/h4,6-7,10H,5H2,1-3H3. The van der Waals surface area contributed by atoms with Crippen LogP contribution in [-0.2, 0) is 0 Å². The van der Waals surface area contributed by atoms with Gasteiger partial charge in [0.05, 0.1) is 0 Å². The molecular formula is C8H15NO. The fourth-order valence-corrected chi connectivity index (χ4v) is 1.29. The van der Waals surface area contributed by atoms with Gasteiger partial charge in [-0.2, -0.15) is 0 Å². The molecule has 1 rings (SSSR count). The van der Waals surface area contributed by atoms with Gasteiger partial charge in [0, 0.05) is 12.7 Å². The third kappa shape index (κ3) is 1.32. The Kier molecular flexibility index (Phi) is 2.00. The molecular weight excluding hydrogens is 126 g/mol. The molecule has 0 radical (unpaired) electrons. The summed E-state index contributed by atoms with van der Waals surface area (Å²) in [5, 5.41) is 10.3. The lowest BCUT2D eigenvalue weighted by Crippen LogP contribution is -2.10. The van der Waals surface area contributed by atoms with Crippen LogP contribution in [0, 0.1) is 11.8 Å². The maximum absolute atomic E-state index is 9.05. The molecule has 2 heteroatoms. The highest BCUT2D eigenvalue weighted by atomic mass is 16.5. The molecule has 0 saturated carbocycles. The number of rotatable bonds is 1. The normalized spacial score (nSPS) is 32.2. The summed E-state index contributed by atoms with van der Waals surface area (Å²) >= 11 is 0. The molecule has 0 amide bonds. The van der Waals surface area contributed by atoms with Gasteiger partial charge in [0.25, 0.3) is 0 Å². The molecule has 0 heterocycles. The number of hydrogen-bond acceptors (Lipinski definition) is 2. The van der Waals surface area contributed by atoms with E-state index in [9.17, 15) is 0 Å². The molecule has 0 bridgehead atoms. The van der Waals surface area contributed by atoms with Crippen LogP contribution in [0.3, 0.4) is 0 Å². The highest BCUT2D eigenvalue weighted by Crippen LogP contribution is 2.30. The molecule has 1 aliphatic rings. The van der Waals surface area contributed by atoms with E-state index in [1.54, 1.807) is 7.05 Å². The van der Waals surface area contributed by atoms with Crippen LogP contribution in [0.25, 0.3) is 0 Å². The van der Waals surface area contributed by atoms with Gasteiger partial charge in [-0.1, -0.05) is 19.9 Å². The van der Waals surface area contributed by atoms with Crippen molar-refractivity contribution in [1.82, 2.24) is 5.06 Å². The average Bonchev–Trinajstić information content (AvgIpc) is 2.13. The van der Waals surface area contributed by atoms with Gasteiger partial charge in [0.15, 0.2) is 0 Å². The minimum absolute atomic E-state index is 0.615. The van der Waals surface area contributed by atoms with Crippen LogP contribution in [0.2, 0.25) is 0 Å². The van der Waals surface area contributed by atoms with E-state index < -0.39 is 0 Å². The molecule has 0 aromatic heterocycles. The first-order valence-electron chi connectivity index (χ1n) is 3.74. The summed E-state index contributed by atoms with van der Waals surface area (Å²) < 4.78 is 0. The van der Waals surface area contributed by atoms with Gasteiger partial charge in [-0.25, -0.2) is 0 Å². The molecule has 1 N–H and O–H groups in total. The van der Waals surface area contributed by atoms with E-state index in [0.29, 0.717) is 11.8 Å². The van der Waals surface area contributed by atoms with Crippen LogP contribution in [0.1, 0.15) is 20.3 Å². The maximum atomic E-state index is 9.05. The second-order valence-electron chi connectivity index (χ2n) is 3.22. The van der Waals surface area contributed by atoms with Crippen molar-refractivity contribution in [3.8, 4) is 0 Å². The van der Waals surface area contributed by atoms with E-state index in [1.165, 1.54) is 5.06 Å². The summed E-state index contributed by atoms with van der Waals surface area (Å²) in [7, 11) is 1.68. The van der Waals surface area contributed by atoms with Crippen molar-refractivity contribution in [2.45, 2.75) is 20.3 Å². The van der Waals surface area contributed by atoms with Crippen molar-refractivity contribution in [3.63, 3.8) is 0 Å². The number of hydroxylamine groups is 2. The number of allylic oxidation sites excluding steroid dienone is 2. The third-order valence-electron chi connectivity index (χ3n) is 2.30. The quantitative estimate of drug-likeness (QED) is 0.563. The third-order valence-corrected chi connectivity index (χ3v) is 2.30. The highest BCUT2D eigenvalue weighted by Gasteiger charge is 2.21. The Morgan fingerprint density at radius 1 is 1.60 bits per heavy atom. The predicted octanol–water partition coefficient (Wildman–Crippen LogP) is 1.87. The Hall–Kier alpha value is -0.500. The first-order chi connectivity index (χ1) is 4.61. The molecule has 0 aromatic carbocycles. The van der Waals surface area contributed by atoms with Crippen molar-refractivity contribution >= 4 is 0 Å². The zero-order chi connectivity index (χ0) is 7.72. The van der Waals surface area contributed by atoms with Crippen LogP contribution in [-0.4, -0.2) is 17.3 Å². The van der Waals surface area contributed by atoms with E-state index in [4.69, 9.17) is 5.21 Å². The molecule has 1 aliphatic carbocycles. The van der Waals surface area contributed by atoms with E-state index >= 15 is 0 Å². The topological polar surface area (TPSA) is 23.5 Å². The fourth-order valence-electron chi connectivity index (χ4n) is 1.29. The Bertz CT molecular complexity index is 151. The van der Waals surface area contributed by atoms with Crippen LogP contribution in [0.5, 0.6) is 0 Å². The predicted molar refractivity (Wildman–Crippen MR) is 40.6 cm³/mol. The lowest BCUT2D eigenvalue weighted by molar-refractivity contribution is -0.0312. The minimum Gasteiger partial charge on any atom is -0.289 e. The van der Waals surface area contributed by atoms with Gasteiger partial charge in [0.2, 0.25) is 0 Å². The van der Waals surface area contributed by atoms with Crippen molar-refractivity contribution in [2.75, 3.05) is 7.05 Å². The van der Waals surface area contributed by atoms with E-state index in [1.807, 2.05) is 0 Å². The summed E-state index contributed by atoms with van der Waals surface area (Å²) in [5.41, 5.74) is 1.06. The molecule has 0 fully saturated rings. The largest absolute Gasteiger partial charge is 0.289 e. The van der Waals surface area contributed by atoms with Crippen molar-refractivity contribution in [3.05, 3.63) is 11.8 Å². The first-order valence-corrected chi connectivity index (χ1v) is 3.74. The molecule has 0 saturated heterocycles. The maximum Gasteiger partial charge on any atom is 0.0370 e. The summed E-state index contributed by atoms with van der Waals surface area (Å²) in [4.78, 5) is 0. The van der Waals surface area contributed by atoms with Gasteiger partial charge in [-0.05, 0) is 18.3 Å². The molecule has 2 unspecified atom stereocenters. The van der Waals surface area contributed by atoms with Gasteiger partial charge >= 0.3 is 0 Å². The highest BCUT2D eigenvalue weighted by molar-refractivity contribution is 5.09. The molecule has 58 valence electrons. The Morgan fingerprint density at radius 2 is 2.20 bits per heavy atom. The molecule has 10 heavy (non-hydrogen) atoms. The number of hydrogen-bond donors (Lipinski definition) is 1. The zero-order valence-corrected chi connectivity index (χ0v) is 6.83. The molecule has 2 atom stereocenters. The first kappa shape index (κ1) is 7.61. The summed E-state index contributed by atoms with van der Waals surface area (Å²) in [6.07, 6.45) is 3.14. The van der Waals surface area contributed by atoms with Gasteiger partial charge < -0.3 is 0 Å². The second-order valence-corrected chi connectivity index (χ2v) is 3.22. The summed E-state index contributed by atoms with van der Waals surface area (Å²) in [5.74, 6) is 1.30. The summed E-state index contributed by atoms with van der Waals surface area (Å²) in [6, 6.07) is 0. The number of nitrogens with zero attached hydrogens (tertiary/aromatic N) is 1. The lowest BCUT2D eigenvalue weighted by Gasteiger charge is -2.11. The van der Waals surface area contributed by atoms with Gasteiger partial charge in [-0.3, -0.25) is 10.3 Å². The van der Waals surface area contributed by atoms with E-state index in [2.05, 4.69) is 19.9 Å². The van der Waals surface area contributed by atoms with Crippen LogP contribution >= 0.6 is 0 Å². The second kappa shape index (κ2) is 2.62. The monoisotopic (exact) mass is 141 g/mol. The van der Waals surface area contributed by atoms with Crippen LogP contribution in [0.15, 0.2) is 11.8 Å². The van der Waals surface area contributed by atoms with E-state index in [-0.39, 0.29) is 0 Å². The minimum atomic E-state index is 0.615. The average molecular weight is 141 g/mol. The SMILES string of the molecule is CC1C=C(N(C)O)CC1C.